The van der Waals surface area contributed by atoms with Gasteiger partial charge in [0.05, 0.1) is 21.9 Å². The van der Waals surface area contributed by atoms with Gasteiger partial charge in [0, 0.05) is 66.1 Å². The van der Waals surface area contributed by atoms with Gasteiger partial charge in [0.2, 0.25) is 0 Å². The lowest BCUT2D eigenvalue weighted by molar-refractivity contribution is -0.383. The van der Waals surface area contributed by atoms with Crippen LogP contribution in [-0.4, -0.2) is 69.4 Å². The van der Waals surface area contributed by atoms with Gasteiger partial charge in [-0.05, 0) is 46.8 Å². The van der Waals surface area contributed by atoms with Crippen LogP contribution in [0.15, 0.2) is 73.2 Å². The number of nitro groups is 1. The molecule has 0 radical (unpaired) electrons. The Morgan fingerprint density at radius 3 is 1.93 bits per heavy atom. The molecular weight excluding hydrogens is 588 g/mol. The van der Waals surface area contributed by atoms with E-state index >= 15 is 0 Å². The number of aromatic hydroxyl groups is 3. The average Bonchev–Trinajstić information content (AvgIpc) is 3.71. The summed E-state index contributed by atoms with van der Waals surface area (Å²) in [6.45, 7) is 0. The highest BCUT2D eigenvalue weighted by Gasteiger charge is 2.22. The summed E-state index contributed by atoms with van der Waals surface area (Å²) in [5.41, 5.74) is 14.0. The Kier molecular flexibility index (Phi) is 9.56. The molecule has 15 heteroatoms. The molecule has 6 rings (SSSR count). The number of non-ortho nitro benzene ring substituents is 1. The number of carboxylic acids is 2. The van der Waals surface area contributed by atoms with Crippen LogP contribution >= 0.6 is 0 Å². The predicted molar refractivity (Wildman–Crippen MR) is 165 cm³/mol. The van der Waals surface area contributed by atoms with E-state index in [0.717, 1.165) is 33.4 Å². The molecule has 0 aliphatic heterocycles. The molecule has 12 N–H and O–H groups in total. The molecule has 3 aromatic carbocycles. The molecule has 0 saturated heterocycles. The Morgan fingerprint density at radius 1 is 0.733 bits per heavy atom. The second kappa shape index (κ2) is 13.5. The highest BCUT2D eigenvalue weighted by Crippen LogP contribution is 2.33. The summed E-state index contributed by atoms with van der Waals surface area (Å²) in [5, 5.41) is 58.4. The average molecular weight is 619 g/mol. The van der Waals surface area contributed by atoms with E-state index in [4.69, 9.17) is 26.8 Å². The maximum absolute atomic E-state index is 11.0. The number of phenolic OH excluding ortho intramolecular Hbond substituents is 3. The van der Waals surface area contributed by atoms with Crippen molar-refractivity contribution in [3.63, 3.8) is 0 Å². The number of hydrogen-bond donors (Lipinski definition) is 10. The molecule has 0 aliphatic rings. The number of hydrogen-bond acceptors (Lipinski definition) is 9. The normalized spacial score (nSPS) is 12.1. The molecule has 0 unspecified atom stereocenters. The molecule has 234 valence electrons. The monoisotopic (exact) mass is 618 g/mol. The molecular formula is C30H30N6O9. The topological polar surface area (TPSA) is 278 Å². The minimum atomic E-state index is -1.18. The summed E-state index contributed by atoms with van der Waals surface area (Å²) in [6.07, 6.45) is 5.25. The highest BCUT2D eigenvalue weighted by molar-refractivity contribution is 5.93. The smallest absolute Gasteiger partial charge is 0.320 e. The minimum Gasteiger partial charge on any atom is -0.508 e. The fraction of sp³-hybridized carbons (Fsp3) is 0.133. The quantitative estimate of drug-likeness (QED) is 0.0913. The molecule has 0 aliphatic carbocycles. The van der Waals surface area contributed by atoms with E-state index in [2.05, 4.69) is 15.0 Å². The van der Waals surface area contributed by atoms with Gasteiger partial charge < -0.3 is 52.0 Å². The number of H-pyrrole nitrogens is 3. The summed E-state index contributed by atoms with van der Waals surface area (Å²) >= 11 is 0. The first-order valence-corrected chi connectivity index (χ1v) is 13.3. The van der Waals surface area contributed by atoms with Crippen molar-refractivity contribution in [2.24, 2.45) is 11.5 Å². The summed E-state index contributed by atoms with van der Waals surface area (Å²) in [4.78, 5) is 40.4. The summed E-state index contributed by atoms with van der Waals surface area (Å²) in [5.74, 6) is -1.97. The van der Waals surface area contributed by atoms with Crippen LogP contribution in [-0.2, 0) is 22.4 Å². The first-order valence-electron chi connectivity index (χ1n) is 13.3. The molecule has 6 aromatic rings. The van der Waals surface area contributed by atoms with Crippen molar-refractivity contribution in [2.75, 3.05) is 0 Å². The molecule has 3 aromatic heterocycles. The zero-order chi connectivity index (χ0) is 32.8. The Hall–Kier alpha value is -6.06. The van der Waals surface area contributed by atoms with Gasteiger partial charge in [0.15, 0.2) is 0 Å². The Morgan fingerprint density at radius 2 is 1.29 bits per heavy atom. The molecule has 0 saturated carbocycles. The number of nitrogens with one attached hydrogen (secondary N) is 3. The van der Waals surface area contributed by atoms with Gasteiger partial charge in [-0.1, -0.05) is 0 Å². The van der Waals surface area contributed by atoms with Crippen molar-refractivity contribution in [3.05, 3.63) is 94.4 Å². The van der Waals surface area contributed by atoms with E-state index < -0.39 is 28.9 Å². The molecule has 0 spiro atoms. The van der Waals surface area contributed by atoms with E-state index in [1.54, 1.807) is 36.5 Å². The van der Waals surface area contributed by atoms with Crippen molar-refractivity contribution >= 4 is 50.3 Å². The number of nitro benzene ring substituents is 1. The van der Waals surface area contributed by atoms with Gasteiger partial charge >= 0.3 is 11.9 Å². The van der Waals surface area contributed by atoms with Crippen LogP contribution in [0.2, 0.25) is 0 Å². The number of nitrogens with zero attached hydrogens (tertiary/aromatic N) is 1. The molecule has 0 fully saturated rings. The zero-order valence-electron chi connectivity index (χ0n) is 23.5. The third kappa shape index (κ3) is 7.67. The van der Waals surface area contributed by atoms with Crippen molar-refractivity contribution < 1.29 is 40.0 Å². The lowest BCUT2D eigenvalue weighted by atomic mass is 10.0. The van der Waals surface area contributed by atoms with Gasteiger partial charge in [0.1, 0.15) is 29.3 Å². The number of nitrogens with two attached hydrogens (primary N) is 2. The molecule has 3 heterocycles. The van der Waals surface area contributed by atoms with Gasteiger partial charge in [-0.3, -0.25) is 19.7 Å². The molecule has 0 amide bonds. The van der Waals surface area contributed by atoms with Crippen LogP contribution in [0.5, 0.6) is 17.2 Å². The fourth-order valence-corrected chi connectivity index (χ4v) is 4.63. The number of benzene rings is 3. The van der Waals surface area contributed by atoms with Gasteiger partial charge in [0.25, 0.3) is 5.69 Å². The number of phenols is 3. The number of rotatable bonds is 7. The third-order valence-corrected chi connectivity index (χ3v) is 6.83. The number of fused-ring (bicyclic) bond motifs is 3. The standard InChI is InChI=1S/C11H11N3O5.C11H12N2O3.C8H7NO/c12-7(11(16)17)1-5-4-13-8-2-6(15)3-9(10(5)8)14(18)19;12-9(11(15)16)3-6-5-13-10-4-7(14)1-2-8(6)10;10-7-2-1-6-3-4-9-8(6)5-7/h2-4,7,13,15H,1,12H2,(H,16,17);1-2,4-5,9,13-14H,3,12H2,(H,15,16);1-5,9-10H/t7-;9-;/m00./s1. The van der Waals surface area contributed by atoms with E-state index in [1.165, 1.54) is 12.3 Å². The van der Waals surface area contributed by atoms with Crippen molar-refractivity contribution in [1.29, 1.82) is 0 Å². The highest BCUT2D eigenvalue weighted by atomic mass is 16.6. The summed E-state index contributed by atoms with van der Waals surface area (Å²) in [6, 6.07) is 12.4. The Bertz CT molecular complexity index is 1990. The summed E-state index contributed by atoms with van der Waals surface area (Å²) in [7, 11) is 0. The van der Waals surface area contributed by atoms with Crippen molar-refractivity contribution in [2.45, 2.75) is 24.9 Å². The molecule has 15 nitrogen and oxygen atoms in total. The number of aromatic amines is 3. The third-order valence-electron chi connectivity index (χ3n) is 6.83. The van der Waals surface area contributed by atoms with Crippen LogP contribution < -0.4 is 11.5 Å². The van der Waals surface area contributed by atoms with E-state index in [9.17, 15) is 29.9 Å². The molecule has 0 bridgehead atoms. The van der Waals surface area contributed by atoms with E-state index in [1.807, 2.05) is 18.3 Å². The number of carbonyl (C=O) groups is 2. The van der Waals surface area contributed by atoms with Gasteiger partial charge in [-0.25, -0.2) is 0 Å². The number of aromatic nitrogens is 3. The Labute approximate surface area is 253 Å². The van der Waals surface area contributed by atoms with E-state index in [-0.39, 0.29) is 35.4 Å². The van der Waals surface area contributed by atoms with Gasteiger partial charge in [-0.15, -0.1) is 0 Å². The van der Waals surface area contributed by atoms with Crippen LogP contribution in [0.1, 0.15) is 11.1 Å². The van der Waals surface area contributed by atoms with E-state index in [0.29, 0.717) is 16.8 Å². The molecule has 2 atom stereocenters. The second-order valence-electron chi connectivity index (χ2n) is 10.0. The second-order valence-corrected chi connectivity index (χ2v) is 10.0. The maximum Gasteiger partial charge on any atom is 0.320 e. The molecule has 45 heavy (non-hydrogen) atoms. The maximum atomic E-state index is 11.0. The number of carboxylic acid groups (broad SMARTS) is 2. The first kappa shape index (κ1) is 31.9. The van der Waals surface area contributed by atoms with Crippen LogP contribution in [0.25, 0.3) is 32.7 Å². The fourth-order valence-electron chi connectivity index (χ4n) is 4.63. The lowest BCUT2D eigenvalue weighted by Gasteiger charge is -2.05. The van der Waals surface area contributed by atoms with Gasteiger partial charge in [-0.2, -0.15) is 0 Å². The van der Waals surface area contributed by atoms with Crippen LogP contribution in [0.3, 0.4) is 0 Å². The first-order chi connectivity index (χ1) is 21.3. The van der Waals surface area contributed by atoms with Crippen molar-refractivity contribution in [1.82, 2.24) is 15.0 Å². The Balaban J connectivity index is 0.000000160. The minimum absolute atomic E-state index is 0.0407. The predicted octanol–water partition coefficient (Wildman–Crippen LogP) is 3.44. The van der Waals surface area contributed by atoms with Crippen molar-refractivity contribution in [3.8, 4) is 17.2 Å². The largest absolute Gasteiger partial charge is 0.508 e. The SMILES string of the molecule is N[C@@H](Cc1c[nH]c2cc(O)cc([N+](=O)[O-])c12)C(=O)O.N[C@@H](Cc1c[nH]c2cc(O)ccc12)C(=O)O.Oc1ccc2cc[nH]c2c1. The zero-order valence-corrected chi connectivity index (χ0v) is 23.5. The number of aliphatic carboxylic acids is 2. The lowest BCUT2D eigenvalue weighted by Crippen LogP contribution is -2.32. The van der Waals surface area contributed by atoms with Crippen LogP contribution in [0.4, 0.5) is 5.69 Å². The summed E-state index contributed by atoms with van der Waals surface area (Å²) < 4.78 is 0. The van der Waals surface area contributed by atoms with Crippen LogP contribution in [0, 0.1) is 10.1 Å².